The van der Waals surface area contributed by atoms with E-state index in [9.17, 15) is 14.4 Å². The van der Waals surface area contributed by atoms with E-state index in [-0.39, 0.29) is 16.6 Å². The minimum absolute atomic E-state index is 0.0215. The molecule has 1 aliphatic rings. The highest BCUT2D eigenvalue weighted by atomic mass is 35.5. The lowest BCUT2D eigenvalue weighted by molar-refractivity contribution is -0.120. The molecule has 0 aliphatic carbocycles. The molecule has 1 heterocycles. The number of nitrogens with one attached hydrogen (secondary N) is 2. The molecule has 0 unspecified atom stereocenters. The Bertz CT molecular complexity index is 1220. The van der Waals surface area contributed by atoms with Crippen LogP contribution >= 0.6 is 11.6 Å². The van der Waals surface area contributed by atoms with Gasteiger partial charge in [0.15, 0.2) is 0 Å². The van der Waals surface area contributed by atoms with Gasteiger partial charge in [-0.2, -0.15) is 0 Å². The number of methoxy groups -OCH3 is 1. The lowest BCUT2D eigenvalue weighted by atomic mass is 10.1. The van der Waals surface area contributed by atoms with Crippen molar-refractivity contribution in [3.8, 4) is 5.75 Å². The first-order valence-corrected chi connectivity index (χ1v) is 10.0. The van der Waals surface area contributed by atoms with Gasteiger partial charge in [0.1, 0.15) is 16.5 Å². The fourth-order valence-corrected chi connectivity index (χ4v) is 3.43. The maximum atomic E-state index is 12.8. The van der Waals surface area contributed by atoms with Gasteiger partial charge in [-0.25, -0.2) is 4.90 Å². The van der Waals surface area contributed by atoms with E-state index >= 15 is 0 Å². The van der Waals surface area contributed by atoms with Crippen molar-refractivity contribution in [1.82, 2.24) is 0 Å². The normalized spacial score (nSPS) is 13.4. The van der Waals surface area contributed by atoms with Crippen LogP contribution in [-0.2, 0) is 9.59 Å². The SMILES string of the molecule is COc1ccccc1NC(=O)c1ccc(NC2=C(Cl)C(=O)N(c3ccccc3)C2=O)cc1. The summed E-state index contributed by atoms with van der Waals surface area (Å²) in [5.74, 6) is -0.920. The van der Waals surface area contributed by atoms with Gasteiger partial charge < -0.3 is 15.4 Å². The van der Waals surface area contributed by atoms with Gasteiger partial charge in [-0.3, -0.25) is 14.4 Å². The second-order valence-corrected chi connectivity index (χ2v) is 7.20. The molecular formula is C24H18ClN3O4. The van der Waals surface area contributed by atoms with Gasteiger partial charge in [-0.05, 0) is 48.5 Å². The standard InChI is InChI=1S/C24H18ClN3O4/c1-32-19-10-6-5-9-18(19)27-22(29)15-11-13-16(14-12-15)26-21-20(25)23(30)28(24(21)31)17-7-3-2-4-8-17/h2-14,26H,1H3,(H,27,29). The van der Waals surface area contributed by atoms with Crippen LogP contribution in [0.4, 0.5) is 17.1 Å². The summed E-state index contributed by atoms with van der Waals surface area (Å²) in [5.41, 5.74) is 1.87. The third-order valence-electron chi connectivity index (χ3n) is 4.81. The second kappa shape index (κ2) is 8.95. The van der Waals surface area contributed by atoms with Crippen LogP contribution in [0.15, 0.2) is 89.6 Å². The summed E-state index contributed by atoms with van der Waals surface area (Å²) in [6.45, 7) is 0. The summed E-state index contributed by atoms with van der Waals surface area (Å²) in [6, 6.07) is 22.1. The highest BCUT2D eigenvalue weighted by Crippen LogP contribution is 2.30. The van der Waals surface area contributed by atoms with Gasteiger partial charge in [0.05, 0.1) is 18.5 Å². The zero-order valence-electron chi connectivity index (χ0n) is 17.0. The van der Waals surface area contributed by atoms with Gasteiger partial charge in [0.2, 0.25) is 0 Å². The van der Waals surface area contributed by atoms with Gasteiger partial charge in [0.25, 0.3) is 17.7 Å². The number of carbonyl (C=O) groups is 3. The van der Waals surface area contributed by atoms with Gasteiger partial charge in [-0.1, -0.05) is 41.9 Å². The Morgan fingerprint density at radius 1 is 0.875 bits per heavy atom. The molecule has 0 radical (unpaired) electrons. The Kier molecular flexibility index (Phi) is 5.91. The molecule has 0 bridgehead atoms. The number of para-hydroxylation sites is 3. The number of ether oxygens (including phenoxy) is 1. The molecule has 3 aromatic carbocycles. The van der Waals surface area contributed by atoms with Crippen molar-refractivity contribution in [3.63, 3.8) is 0 Å². The van der Waals surface area contributed by atoms with Crippen molar-refractivity contribution in [3.05, 3.63) is 95.2 Å². The molecular weight excluding hydrogens is 430 g/mol. The molecule has 0 saturated carbocycles. The zero-order valence-corrected chi connectivity index (χ0v) is 17.7. The summed E-state index contributed by atoms with van der Waals surface area (Å²) in [4.78, 5) is 38.9. The minimum atomic E-state index is -0.599. The Morgan fingerprint density at radius 3 is 2.22 bits per heavy atom. The Labute approximate surface area is 189 Å². The Hall–Kier alpha value is -4.10. The Balaban J connectivity index is 1.48. The first-order valence-electron chi connectivity index (χ1n) is 9.64. The average Bonchev–Trinajstić information content (AvgIpc) is 3.03. The smallest absolute Gasteiger partial charge is 0.283 e. The highest BCUT2D eigenvalue weighted by Gasteiger charge is 2.38. The number of nitrogens with zero attached hydrogens (tertiary/aromatic N) is 1. The summed E-state index contributed by atoms with van der Waals surface area (Å²) >= 11 is 6.15. The molecule has 1 aliphatic heterocycles. The number of imide groups is 1. The lowest BCUT2D eigenvalue weighted by Gasteiger charge is -2.15. The van der Waals surface area contributed by atoms with E-state index in [4.69, 9.17) is 16.3 Å². The van der Waals surface area contributed by atoms with Crippen LogP contribution in [0.2, 0.25) is 0 Å². The van der Waals surface area contributed by atoms with E-state index in [1.54, 1.807) is 72.8 Å². The van der Waals surface area contributed by atoms with Crippen molar-refractivity contribution < 1.29 is 19.1 Å². The molecule has 3 aromatic rings. The molecule has 0 atom stereocenters. The van der Waals surface area contributed by atoms with Crippen LogP contribution in [0.3, 0.4) is 0 Å². The Morgan fingerprint density at radius 2 is 1.53 bits per heavy atom. The molecule has 3 amide bonds. The lowest BCUT2D eigenvalue weighted by Crippen LogP contribution is -2.32. The molecule has 0 fully saturated rings. The van der Waals surface area contributed by atoms with Crippen molar-refractivity contribution in [2.75, 3.05) is 22.6 Å². The van der Waals surface area contributed by atoms with Gasteiger partial charge >= 0.3 is 0 Å². The predicted octanol–water partition coefficient (Wildman–Crippen LogP) is 4.38. The summed E-state index contributed by atoms with van der Waals surface area (Å²) < 4.78 is 5.24. The molecule has 32 heavy (non-hydrogen) atoms. The zero-order chi connectivity index (χ0) is 22.7. The van der Waals surface area contributed by atoms with E-state index in [0.29, 0.717) is 28.4 Å². The summed E-state index contributed by atoms with van der Waals surface area (Å²) in [5, 5.41) is 5.49. The summed E-state index contributed by atoms with van der Waals surface area (Å²) in [6.07, 6.45) is 0. The van der Waals surface area contributed by atoms with E-state index in [1.165, 1.54) is 7.11 Å². The fraction of sp³-hybridized carbons (Fsp3) is 0.0417. The fourth-order valence-electron chi connectivity index (χ4n) is 3.21. The summed E-state index contributed by atoms with van der Waals surface area (Å²) in [7, 11) is 1.53. The van der Waals surface area contributed by atoms with Gasteiger partial charge in [-0.15, -0.1) is 0 Å². The number of rotatable bonds is 6. The van der Waals surface area contributed by atoms with Crippen LogP contribution in [0, 0.1) is 0 Å². The number of halogens is 1. The maximum absolute atomic E-state index is 12.8. The number of amides is 3. The van der Waals surface area contributed by atoms with Gasteiger partial charge in [0, 0.05) is 11.3 Å². The van der Waals surface area contributed by atoms with E-state index in [2.05, 4.69) is 10.6 Å². The first kappa shape index (κ1) is 21.1. The number of carbonyl (C=O) groups excluding carboxylic acids is 3. The molecule has 0 aromatic heterocycles. The topological polar surface area (TPSA) is 87.7 Å². The van der Waals surface area contributed by atoms with E-state index in [0.717, 1.165) is 4.90 Å². The quantitative estimate of drug-likeness (QED) is 0.547. The maximum Gasteiger partial charge on any atom is 0.283 e. The molecule has 2 N–H and O–H groups in total. The second-order valence-electron chi connectivity index (χ2n) is 6.83. The molecule has 0 saturated heterocycles. The molecule has 0 spiro atoms. The number of hydrogen-bond acceptors (Lipinski definition) is 5. The van der Waals surface area contributed by atoms with Crippen molar-refractivity contribution >= 4 is 46.4 Å². The van der Waals surface area contributed by atoms with Crippen molar-refractivity contribution in [2.45, 2.75) is 0 Å². The number of benzene rings is 3. The van der Waals surface area contributed by atoms with Crippen LogP contribution in [0.25, 0.3) is 0 Å². The third kappa shape index (κ3) is 4.06. The van der Waals surface area contributed by atoms with Crippen molar-refractivity contribution in [1.29, 1.82) is 0 Å². The minimum Gasteiger partial charge on any atom is -0.495 e. The monoisotopic (exact) mass is 447 g/mol. The molecule has 160 valence electrons. The largest absolute Gasteiger partial charge is 0.495 e. The number of anilines is 3. The number of hydrogen-bond donors (Lipinski definition) is 2. The average molecular weight is 448 g/mol. The van der Waals surface area contributed by atoms with Crippen LogP contribution in [-0.4, -0.2) is 24.8 Å². The molecule has 7 nitrogen and oxygen atoms in total. The highest BCUT2D eigenvalue weighted by molar-refractivity contribution is 6.53. The van der Waals surface area contributed by atoms with Crippen molar-refractivity contribution in [2.24, 2.45) is 0 Å². The first-order chi connectivity index (χ1) is 15.5. The van der Waals surface area contributed by atoms with Crippen LogP contribution in [0.5, 0.6) is 5.75 Å². The van der Waals surface area contributed by atoms with E-state index in [1.807, 2.05) is 6.07 Å². The van der Waals surface area contributed by atoms with E-state index < -0.39 is 11.8 Å². The molecule has 4 rings (SSSR count). The van der Waals surface area contributed by atoms with Crippen LogP contribution in [0.1, 0.15) is 10.4 Å². The van der Waals surface area contributed by atoms with Crippen LogP contribution < -0.4 is 20.3 Å². The predicted molar refractivity (Wildman–Crippen MR) is 123 cm³/mol. The molecule has 8 heteroatoms. The third-order valence-corrected chi connectivity index (χ3v) is 5.16.